The lowest BCUT2D eigenvalue weighted by atomic mass is 9.97. The molecule has 0 spiro atoms. The molecule has 2 nitrogen and oxygen atoms in total. The summed E-state index contributed by atoms with van der Waals surface area (Å²) in [7, 11) is 0. The van der Waals surface area contributed by atoms with E-state index in [0.29, 0.717) is 0 Å². The zero-order chi connectivity index (χ0) is 11.5. The molecular formula is C14H14O2. The van der Waals surface area contributed by atoms with Gasteiger partial charge in [-0.1, -0.05) is 31.2 Å². The molecule has 0 heterocycles. The summed E-state index contributed by atoms with van der Waals surface area (Å²) in [6, 6.07) is 12.4. The largest absolute Gasteiger partial charge is 0.508 e. The highest BCUT2D eigenvalue weighted by Gasteiger charge is 2.08. The molecule has 16 heavy (non-hydrogen) atoms. The van der Waals surface area contributed by atoms with Gasteiger partial charge in [-0.3, -0.25) is 0 Å². The Hall–Kier alpha value is -1.96. The molecule has 2 heteroatoms. The monoisotopic (exact) mass is 214 g/mol. The summed E-state index contributed by atoms with van der Waals surface area (Å²) in [5.41, 5.74) is 2.76. The number of hydrogen-bond donors (Lipinski definition) is 2. The van der Waals surface area contributed by atoms with E-state index < -0.39 is 0 Å². The van der Waals surface area contributed by atoms with Gasteiger partial charge >= 0.3 is 0 Å². The van der Waals surface area contributed by atoms with Crippen LogP contribution < -0.4 is 0 Å². The topological polar surface area (TPSA) is 40.5 Å². The molecule has 2 rings (SSSR count). The molecule has 0 saturated heterocycles. The van der Waals surface area contributed by atoms with Crippen molar-refractivity contribution in [3.05, 3.63) is 48.0 Å². The van der Waals surface area contributed by atoms with Gasteiger partial charge in [-0.15, -0.1) is 0 Å². The van der Waals surface area contributed by atoms with Gasteiger partial charge in [0.2, 0.25) is 0 Å². The minimum absolute atomic E-state index is 0.218. The summed E-state index contributed by atoms with van der Waals surface area (Å²) in [5, 5.41) is 19.3. The molecule has 0 bridgehead atoms. The van der Waals surface area contributed by atoms with Crippen LogP contribution in [0.1, 0.15) is 12.5 Å². The number of aryl methyl sites for hydroxylation is 1. The van der Waals surface area contributed by atoms with Gasteiger partial charge in [-0.05, 0) is 35.7 Å². The quantitative estimate of drug-likeness (QED) is 0.805. The Morgan fingerprint density at radius 3 is 2.38 bits per heavy atom. The molecule has 2 aromatic rings. The van der Waals surface area contributed by atoms with E-state index in [1.54, 1.807) is 24.3 Å². The molecule has 82 valence electrons. The third kappa shape index (κ3) is 1.87. The third-order valence-electron chi connectivity index (χ3n) is 2.67. The van der Waals surface area contributed by atoms with E-state index in [4.69, 9.17) is 0 Å². The number of hydrogen-bond acceptors (Lipinski definition) is 2. The molecule has 0 amide bonds. The summed E-state index contributed by atoms with van der Waals surface area (Å²) in [4.78, 5) is 0. The van der Waals surface area contributed by atoms with Gasteiger partial charge in [-0.25, -0.2) is 0 Å². The first-order valence-corrected chi connectivity index (χ1v) is 5.32. The Kier molecular flexibility index (Phi) is 2.82. The SMILES string of the molecule is CCc1ccc(O)cc1-c1ccccc1O. The molecule has 0 radical (unpaired) electrons. The fraction of sp³-hybridized carbons (Fsp3) is 0.143. The average molecular weight is 214 g/mol. The van der Waals surface area contributed by atoms with Crippen molar-refractivity contribution in [1.29, 1.82) is 0 Å². The van der Waals surface area contributed by atoms with E-state index in [1.165, 1.54) is 0 Å². The van der Waals surface area contributed by atoms with Crippen LogP contribution in [0.4, 0.5) is 0 Å². The number of para-hydroxylation sites is 1. The normalized spacial score (nSPS) is 10.3. The standard InChI is InChI=1S/C14H14O2/c1-2-10-7-8-11(15)9-13(10)12-5-3-4-6-14(12)16/h3-9,15-16H,2H2,1H3. The van der Waals surface area contributed by atoms with Crippen molar-refractivity contribution in [2.24, 2.45) is 0 Å². The van der Waals surface area contributed by atoms with E-state index in [9.17, 15) is 10.2 Å². The van der Waals surface area contributed by atoms with Crippen LogP contribution in [-0.2, 0) is 6.42 Å². The molecule has 0 atom stereocenters. The van der Waals surface area contributed by atoms with Crippen molar-refractivity contribution in [2.75, 3.05) is 0 Å². The Bertz CT molecular complexity index is 504. The van der Waals surface area contributed by atoms with Gasteiger partial charge in [-0.2, -0.15) is 0 Å². The smallest absolute Gasteiger partial charge is 0.123 e. The maximum Gasteiger partial charge on any atom is 0.123 e. The second kappa shape index (κ2) is 4.27. The number of phenolic OH excluding ortho intramolecular Hbond substituents is 2. The van der Waals surface area contributed by atoms with Gasteiger partial charge in [0.25, 0.3) is 0 Å². The molecule has 2 aromatic carbocycles. The van der Waals surface area contributed by atoms with Crippen molar-refractivity contribution in [3.63, 3.8) is 0 Å². The first kappa shape index (κ1) is 10.6. The van der Waals surface area contributed by atoms with Crippen LogP contribution in [0.25, 0.3) is 11.1 Å². The number of rotatable bonds is 2. The first-order valence-electron chi connectivity index (χ1n) is 5.32. The van der Waals surface area contributed by atoms with Gasteiger partial charge in [0.1, 0.15) is 11.5 Å². The Morgan fingerprint density at radius 1 is 0.938 bits per heavy atom. The van der Waals surface area contributed by atoms with Gasteiger partial charge < -0.3 is 10.2 Å². The lowest BCUT2D eigenvalue weighted by molar-refractivity contribution is 0.474. The average Bonchev–Trinajstić information content (AvgIpc) is 2.29. The van der Waals surface area contributed by atoms with Crippen LogP contribution in [0.2, 0.25) is 0 Å². The summed E-state index contributed by atoms with van der Waals surface area (Å²) < 4.78 is 0. The highest BCUT2D eigenvalue weighted by Crippen LogP contribution is 2.33. The first-order chi connectivity index (χ1) is 7.72. The zero-order valence-corrected chi connectivity index (χ0v) is 9.14. The molecule has 0 fully saturated rings. The molecule has 0 aliphatic heterocycles. The van der Waals surface area contributed by atoms with Gasteiger partial charge in [0.05, 0.1) is 0 Å². The lowest BCUT2D eigenvalue weighted by Crippen LogP contribution is -1.87. The Labute approximate surface area is 94.8 Å². The number of benzene rings is 2. The summed E-state index contributed by atoms with van der Waals surface area (Å²) >= 11 is 0. The highest BCUT2D eigenvalue weighted by atomic mass is 16.3. The molecule has 0 unspecified atom stereocenters. The summed E-state index contributed by atoms with van der Waals surface area (Å²) in [5.74, 6) is 0.457. The fourth-order valence-electron chi connectivity index (χ4n) is 1.82. The minimum atomic E-state index is 0.218. The van der Waals surface area contributed by atoms with E-state index in [-0.39, 0.29) is 11.5 Å². The Morgan fingerprint density at radius 2 is 1.69 bits per heavy atom. The summed E-state index contributed by atoms with van der Waals surface area (Å²) in [6.07, 6.45) is 0.865. The van der Waals surface area contributed by atoms with Gasteiger partial charge in [0, 0.05) is 5.56 Å². The van der Waals surface area contributed by atoms with Crippen LogP contribution >= 0.6 is 0 Å². The van der Waals surface area contributed by atoms with Crippen LogP contribution in [0, 0.1) is 0 Å². The van der Waals surface area contributed by atoms with Crippen molar-refractivity contribution in [2.45, 2.75) is 13.3 Å². The predicted octanol–water partition coefficient (Wildman–Crippen LogP) is 3.33. The maximum absolute atomic E-state index is 9.79. The van der Waals surface area contributed by atoms with Crippen LogP contribution in [0.3, 0.4) is 0 Å². The van der Waals surface area contributed by atoms with E-state index in [2.05, 4.69) is 6.92 Å². The van der Waals surface area contributed by atoms with Crippen molar-refractivity contribution in [1.82, 2.24) is 0 Å². The van der Waals surface area contributed by atoms with E-state index in [0.717, 1.165) is 23.1 Å². The number of phenols is 2. The molecule has 0 saturated carbocycles. The van der Waals surface area contributed by atoms with E-state index >= 15 is 0 Å². The third-order valence-corrected chi connectivity index (χ3v) is 2.67. The lowest BCUT2D eigenvalue weighted by Gasteiger charge is -2.10. The fourth-order valence-corrected chi connectivity index (χ4v) is 1.82. The van der Waals surface area contributed by atoms with E-state index in [1.807, 2.05) is 18.2 Å². The Balaban J connectivity index is 2.63. The van der Waals surface area contributed by atoms with Crippen LogP contribution in [-0.4, -0.2) is 10.2 Å². The summed E-state index contributed by atoms with van der Waals surface area (Å²) in [6.45, 7) is 2.05. The molecular weight excluding hydrogens is 200 g/mol. The van der Waals surface area contributed by atoms with Crippen LogP contribution in [0.15, 0.2) is 42.5 Å². The highest BCUT2D eigenvalue weighted by molar-refractivity contribution is 5.74. The number of aromatic hydroxyl groups is 2. The van der Waals surface area contributed by atoms with Gasteiger partial charge in [0.15, 0.2) is 0 Å². The molecule has 0 aliphatic rings. The maximum atomic E-state index is 9.79. The molecule has 0 aliphatic carbocycles. The van der Waals surface area contributed by atoms with Crippen LogP contribution in [0.5, 0.6) is 11.5 Å². The zero-order valence-electron chi connectivity index (χ0n) is 9.14. The van der Waals surface area contributed by atoms with Crippen molar-refractivity contribution in [3.8, 4) is 22.6 Å². The van der Waals surface area contributed by atoms with Crippen molar-refractivity contribution < 1.29 is 10.2 Å². The second-order valence-electron chi connectivity index (χ2n) is 3.71. The second-order valence-corrected chi connectivity index (χ2v) is 3.71. The molecule has 2 N–H and O–H groups in total. The van der Waals surface area contributed by atoms with Crippen molar-refractivity contribution >= 4 is 0 Å². The molecule has 0 aromatic heterocycles. The predicted molar refractivity (Wildman–Crippen MR) is 64.6 cm³/mol. The minimum Gasteiger partial charge on any atom is -0.508 e.